The highest BCUT2D eigenvalue weighted by molar-refractivity contribution is 7.98. The van der Waals surface area contributed by atoms with Gasteiger partial charge in [0.05, 0.1) is 18.6 Å². The summed E-state index contributed by atoms with van der Waals surface area (Å²) in [7, 11) is 0. The van der Waals surface area contributed by atoms with Gasteiger partial charge >= 0.3 is 5.97 Å². The van der Waals surface area contributed by atoms with Gasteiger partial charge in [-0.3, -0.25) is 4.79 Å². The molecular weight excluding hydrogens is 260 g/mol. The van der Waals surface area contributed by atoms with Gasteiger partial charge in [-0.15, -0.1) is 11.8 Å². The maximum absolute atomic E-state index is 11.9. The molecule has 2 unspecified atom stereocenters. The highest BCUT2D eigenvalue weighted by Gasteiger charge is 2.32. The third-order valence-electron chi connectivity index (χ3n) is 3.07. The summed E-state index contributed by atoms with van der Waals surface area (Å²) in [6.45, 7) is 5.94. The maximum Gasteiger partial charge on any atom is 0.312 e. The molecule has 106 valence electrons. The molecule has 0 spiro atoms. The van der Waals surface area contributed by atoms with E-state index in [4.69, 9.17) is 4.74 Å². The first kappa shape index (κ1) is 16.1. The first-order valence-electron chi connectivity index (χ1n) is 6.49. The molecule has 0 aromatic heterocycles. The largest absolute Gasteiger partial charge is 0.466 e. The molecule has 4 heteroatoms. The van der Waals surface area contributed by atoms with Crippen molar-refractivity contribution >= 4 is 17.7 Å². The monoisotopic (exact) mass is 282 g/mol. The molecule has 0 aliphatic rings. The molecule has 1 rings (SSSR count). The van der Waals surface area contributed by atoms with E-state index in [0.29, 0.717) is 6.61 Å². The molecule has 0 bridgehead atoms. The number of rotatable bonds is 6. The van der Waals surface area contributed by atoms with Gasteiger partial charge in [-0.2, -0.15) is 0 Å². The van der Waals surface area contributed by atoms with E-state index in [1.165, 1.54) is 0 Å². The molecule has 0 aliphatic carbocycles. The fourth-order valence-electron chi connectivity index (χ4n) is 2.01. The summed E-state index contributed by atoms with van der Waals surface area (Å²) in [5.41, 5.74) is 0.754. The Morgan fingerprint density at radius 1 is 1.32 bits per heavy atom. The van der Waals surface area contributed by atoms with Gasteiger partial charge in [0.15, 0.2) is 0 Å². The number of carbonyl (C=O) groups excluding carboxylic acids is 1. The summed E-state index contributed by atoms with van der Waals surface area (Å²) in [5.74, 6) is -0.840. The van der Waals surface area contributed by atoms with Gasteiger partial charge in [-0.05, 0) is 36.8 Å². The van der Waals surface area contributed by atoms with Crippen LogP contribution in [0, 0.1) is 11.8 Å². The molecule has 0 saturated heterocycles. The minimum absolute atomic E-state index is 0.0225. The number of thioether (sulfide) groups is 1. The lowest BCUT2D eigenvalue weighted by atomic mass is 9.86. The molecule has 19 heavy (non-hydrogen) atoms. The molecule has 0 heterocycles. The van der Waals surface area contributed by atoms with Crippen LogP contribution in [0.1, 0.15) is 32.4 Å². The van der Waals surface area contributed by atoms with Gasteiger partial charge < -0.3 is 9.84 Å². The second-order valence-electron chi connectivity index (χ2n) is 4.74. The van der Waals surface area contributed by atoms with Crippen molar-refractivity contribution in [3.63, 3.8) is 0 Å². The highest BCUT2D eigenvalue weighted by atomic mass is 32.2. The van der Waals surface area contributed by atoms with Crippen LogP contribution in [0.25, 0.3) is 0 Å². The van der Waals surface area contributed by atoms with Crippen molar-refractivity contribution in [2.45, 2.75) is 31.8 Å². The summed E-state index contributed by atoms with van der Waals surface area (Å²) >= 11 is 1.65. The topological polar surface area (TPSA) is 46.5 Å². The lowest BCUT2D eigenvalue weighted by molar-refractivity contribution is -0.154. The zero-order chi connectivity index (χ0) is 14.4. The Labute approximate surface area is 119 Å². The predicted molar refractivity (Wildman–Crippen MR) is 78.1 cm³/mol. The number of carbonyl (C=O) groups is 1. The van der Waals surface area contributed by atoms with E-state index in [1.54, 1.807) is 18.7 Å². The third-order valence-corrected chi connectivity index (χ3v) is 3.82. The van der Waals surface area contributed by atoms with Crippen LogP contribution >= 0.6 is 11.8 Å². The fourth-order valence-corrected chi connectivity index (χ4v) is 2.42. The number of esters is 1. The van der Waals surface area contributed by atoms with Crippen LogP contribution in [0.15, 0.2) is 29.2 Å². The zero-order valence-corrected chi connectivity index (χ0v) is 12.7. The van der Waals surface area contributed by atoms with E-state index in [9.17, 15) is 9.90 Å². The smallest absolute Gasteiger partial charge is 0.312 e. The predicted octanol–water partition coefficient (Wildman–Crippen LogP) is 3.28. The molecule has 0 fully saturated rings. The third kappa shape index (κ3) is 4.25. The Morgan fingerprint density at radius 2 is 1.89 bits per heavy atom. The van der Waals surface area contributed by atoms with Crippen molar-refractivity contribution in [1.82, 2.24) is 0 Å². The Bertz CT molecular complexity index is 400. The van der Waals surface area contributed by atoms with Crippen LogP contribution in [0.2, 0.25) is 0 Å². The molecule has 1 aromatic rings. The van der Waals surface area contributed by atoms with E-state index in [1.807, 2.05) is 44.4 Å². The number of ether oxygens (including phenoxy) is 1. The van der Waals surface area contributed by atoms with Crippen LogP contribution in [0.4, 0.5) is 0 Å². The molecule has 0 radical (unpaired) electrons. The minimum atomic E-state index is -0.824. The van der Waals surface area contributed by atoms with E-state index >= 15 is 0 Å². The van der Waals surface area contributed by atoms with Gasteiger partial charge in [0.25, 0.3) is 0 Å². The Hall–Kier alpha value is -1.00. The molecule has 1 N–H and O–H groups in total. The van der Waals surface area contributed by atoms with Crippen LogP contribution in [-0.4, -0.2) is 23.9 Å². The summed E-state index contributed by atoms with van der Waals surface area (Å²) in [6, 6.07) is 7.63. The van der Waals surface area contributed by atoms with Crippen molar-refractivity contribution < 1.29 is 14.6 Å². The summed E-state index contributed by atoms with van der Waals surface area (Å²) in [4.78, 5) is 13.1. The van der Waals surface area contributed by atoms with Crippen molar-refractivity contribution in [2.24, 2.45) is 11.8 Å². The van der Waals surface area contributed by atoms with E-state index in [-0.39, 0.29) is 11.9 Å². The highest BCUT2D eigenvalue weighted by Crippen LogP contribution is 2.30. The average Bonchev–Trinajstić information content (AvgIpc) is 2.38. The number of hydrogen-bond donors (Lipinski definition) is 1. The lowest BCUT2D eigenvalue weighted by Crippen LogP contribution is -2.29. The van der Waals surface area contributed by atoms with Gasteiger partial charge in [-0.25, -0.2) is 0 Å². The van der Waals surface area contributed by atoms with Crippen LogP contribution in [-0.2, 0) is 9.53 Å². The number of aliphatic hydroxyl groups excluding tert-OH is 1. The van der Waals surface area contributed by atoms with Gasteiger partial charge in [0, 0.05) is 4.90 Å². The van der Waals surface area contributed by atoms with Crippen molar-refractivity contribution in [2.75, 3.05) is 12.9 Å². The first-order chi connectivity index (χ1) is 9.01. The SMILES string of the molecule is CCOC(=O)C(C(C)C)C(O)c1ccc(SC)cc1. The average molecular weight is 282 g/mol. The van der Waals surface area contributed by atoms with E-state index < -0.39 is 12.0 Å². The second kappa shape index (κ2) is 7.56. The molecule has 0 saturated carbocycles. The first-order valence-corrected chi connectivity index (χ1v) is 7.72. The Morgan fingerprint density at radius 3 is 2.32 bits per heavy atom. The molecule has 0 amide bonds. The van der Waals surface area contributed by atoms with Gasteiger partial charge in [0.1, 0.15) is 0 Å². The normalized spacial score (nSPS) is 14.2. The molecule has 2 atom stereocenters. The maximum atomic E-state index is 11.9. The van der Waals surface area contributed by atoms with Crippen LogP contribution in [0.3, 0.4) is 0 Å². The van der Waals surface area contributed by atoms with Gasteiger partial charge in [0.2, 0.25) is 0 Å². The quantitative estimate of drug-likeness (QED) is 0.642. The number of benzene rings is 1. The lowest BCUT2D eigenvalue weighted by Gasteiger charge is -2.24. The van der Waals surface area contributed by atoms with Crippen molar-refractivity contribution in [3.8, 4) is 0 Å². The molecule has 0 aliphatic heterocycles. The van der Waals surface area contributed by atoms with E-state index in [2.05, 4.69) is 0 Å². The molecule has 3 nitrogen and oxygen atoms in total. The Kier molecular flexibility index (Phi) is 6.38. The van der Waals surface area contributed by atoms with Crippen molar-refractivity contribution in [1.29, 1.82) is 0 Å². The number of hydrogen-bond acceptors (Lipinski definition) is 4. The fraction of sp³-hybridized carbons (Fsp3) is 0.533. The van der Waals surface area contributed by atoms with Crippen molar-refractivity contribution in [3.05, 3.63) is 29.8 Å². The summed E-state index contributed by atoms with van der Waals surface area (Å²) < 4.78 is 5.05. The standard InChI is InChI=1S/C15H22O3S/c1-5-18-15(17)13(10(2)3)14(16)11-6-8-12(19-4)9-7-11/h6-10,13-14,16H,5H2,1-4H3. The Balaban J connectivity index is 2.91. The second-order valence-corrected chi connectivity index (χ2v) is 5.62. The summed E-state index contributed by atoms with van der Waals surface area (Å²) in [6.07, 6.45) is 1.18. The van der Waals surface area contributed by atoms with E-state index in [0.717, 1.165) is 10.5 Å². The van der Waals surface area contributed by atoms with Gasteiger partial charge in [-0.1, -0.05) is 26.0 Å². The molecule has 1 aromatic carbocycles. The number of aliphatic hydroxyl groups is 1. The summed E-state index contributed by atoms with van der Waals surface area (Å²) in [5, 5.41) is 10.4. The molecular formula is C15H22O3S. The van der Waals surface area contributed by atoms with Crippen LogP contribution in [0.5, 0.6) is 0 Å². The van der Waals surface area contributed by atoms with Crippen LogP contribution < -0.4 is 0 Å². The zero-order valence-electron chi connectivity index (χ0n) is 11.9. The minimum Gasteiger partial charge on any atom is -0.466 e.